The quantitative estimate of drug-likeness (QED) is 0.514. The van der Waals surface area contributed by atoms with E-state index in [1.165, 1.54) is 11.1 Å². The van der Waals surface area contributed by atoms with Crippen molar-refractivity contribution in [1.29, 1.82) is 0 Å². The summed E-state index contributed by atoms with van der Waals surface area (Å²) in [6, 6.07) is 8.36. The third kappa shape index (κ3) is 1.92. The standard InChI is InChI=1S/C8H6.C2H6Si/c1-2-4-8-6-5-7(8)3-1;1-2-3/h1-6H;2H,1H2,3H3. The van der Waals surface area contributed by atoms with Gasteiger partial charge in [-0.3, -0.25) is 0 Å². The zero-order valence-electron chi connectivity index (χ0n) is 6.75. The molecule has 0 N–H and O–H groups in total. The first-order valence-corrected chi connectivity index (χ1v) is 4.88. The van der Waals surface area contributed by atoms with Gasteiger partial charge in [-0.2, -0.15) is 0 Å². The number of hydrogen-bond acceptors (Lipinski definition) is 0. The first-order valence-electron chi connectivity index (χ1n) is 3.72. The van der Waals surface area contributed by atoms with Crippen LogP contribution in [0.3, 0.4) is 0 Å². The third-order valence-corrected chi connectivity index (χ3v) is 1.44. The maximum atomic E-state index is 3.42. The second kappa shape index (κ2) is 3.94. The van der Waals surface area contributed by atoms with Gasteiger partial charge in [0.25, 0.3) is 0 Å². The van der Waals surface area contributed by atoms with Crippen LogP contribution < -0.4 is 0 Å². The predicted octanol–water partition coefficient (Wildman–Crippen LogP) is 1.67. The predicted molar refractivity (Wildman–Crippen MR) is 55.5 cm³/mol. The molecular formula is C10H12Si. The van der Waals surface area contributed by atoms with Gasteiger partial charge in [-0.05, 0) is 11.1 Å². The Kier molecular flexibility index (Phi) is 2.87. The summed E-state index contributed by atoms with van der Waals surface area (Å²) in [6.45, 7) is 3.42. The van der Waals surface area contributed by atoms with E-state index >= 15 is 0 Å². The minimum absolute atomic E-state index is 1.13. The van der Waals surface area contributed by atoms with E-state index < -0.39 is 0 Å². The van der Waals surface area contributed by atoms with E-state index in [1.807, 2.05) is 5.70 Å². The Morgan fingerprint density at radius 1 is 1.09 bits per heavy atom. The van der Waals surface area contributed by atoms with Crippen molar-refractivity contribution < 1.29 is 0 Å². The monoisotopic (exact) mass is 160 g/mol. The van der Waals surface area contributed by atoms with Gasteiger partial charge in [0.05, 0.1) is 0 Å². The molecule has 0 saturated heterocycles. The molecule has 0 amide bonds. The summed E-state index contributed by atoms with van der Waals surface area (Å²) in [5.74, 6) is 0. The van der Waals surface area contributed by atoms with E-state index in [9.17, 15) is 0 Å². The molecule has 0 aromatic heterocycles. The van der Waals surface area contributed by atoms with Crippen LogP contribution in [0, 0.1) is 0 Å². The van der Waals surface area contributed by atoms with Crippen LogP contribution in [-0.4, -0.2) is 10.2 Å². The largest absolute Gasteiger partial charge is 0.112 e. The van der Waals surface area contributed by atoms with Crippen LogP contribution in [0.15, 0.2) is 36.5 Å². The zero-order valence-corrected chi connectivity index (χ0v) is 8.75. The highest BCUT2D eigenvalue weighted by Crippen LogP contribution is 2.21. The SMILES string of the molecule is C1=Cc2ccccc21.C=C[SiH3]. The molecule has 0 aliphatic heterocycles. The highest BCUT2D eigenvalue weighted by atomic mass is 28.1. The molecule has 0 heterocycles. The van der Waals surface area contributed by atoms with Gasteiger partial charge in [0.2, 0.25) is 0 Å². The lowest BCUT2D eigenvalue weighted by molar-refractivity contribution is 1.58. The summed E-state index contributed by atoms with van der Waals surface area (Å²) >= 11 is 0. The molecule has 0 unspecified atom stereocenters. The molecule has 11 heavy (non-hydrogen) atoms. The van der Waals surface area contributed by atoms with Gasteiger partial charge in [0.15, 0.2) is 0 Å². The zero-order chi connectivity index (χ0) is 8.10. The smallest absolute Gasteiger partial charge is 0.0283 e. The number of benzene rings is 1. The molecule has 0 atom stereocenters. The summed E-state index contributed by atoms with van der Waals surface area (Å²) < 4.78 is 0. The van der Waals surface area contributed by atoms with Crippen molar-refractivity contribution in [3.05, 3.63) is 47.7 Å². The van der Waals surface area contributed by atoms with E-state index in [4.69, 9.17) is 0 Å². The minimum Gasteiger partial charge on any atom is -0.112 e. The van der Waals surface area contributed by atoms with Crippen molar-refractivity contribution in [2.45, 2.75) is 0 Å². The van der Waals surface area contributed by atoms with Crippen LogP contribution in [-0.2, 0) is 0 Å². The second-order valence-corrected chi connectivity index (χ2v) is 3.19. The Labute approximate surface area is 70.7 Å². The van der Waals surface area contributed by atoms with Crippen LogP contribution >= 0.6 is 0 Å². The van der Waals surface area contributed by atoms with Crippen molar-refractivity contribution in [2.75, 3.05) is 0 Å². The van der Waals surface area contributed by atoms with Crippen LogP contribution in [0.1, 0.15) is 11.1 Å². The highest BCUT2D eigenvalue weighted by molar-refractivity contribution is 6.16. The van der Waals surface area contributed by atoms with Gasteiger partial charge in [0, 0.05) is 10.2 Å². The van der Waals surface area contributed by atoms with Crippen LogP contribution in [0.4, 0.5) is 0 Å². The molecule has 0 spiro atoms. The summed E-state index contributed by atoms with van der Waals surface area (Å²) in [7, 11) is 1.13. The van der Waals surface area contributed by atoms with Crippen molar-refractivity contribution in [1.82, 2.24) is 0 Å². The average Bonchev–Trinajstić information content (AvgIpc) is 1.94. The third-order valence-electron chi connectivity index (χ3n) is 1.44. The molecule has 0 fully saturated rings. The lowest BCUT2D eigenvalue weighted by Gasteiger charge is -2.06. The summed E-state index contributed by atoms with van der Waals surface area (Å²) in [4.78, 5) is 0. The molecular weight excluding hydrogens is 148 g/mol. The summed E-state index contributed by atoms with van der Waals surface area (Å²) in [6.07, 6.45) is 4.24. The minimum atomic E-state index is 1.13. The van der Waals surface area contributed by atoms with Crippen molar-refractivity contribution in [3.63, 3.8) is 0 Å². The molecule has 2 rings (SSSR count). The first-order chi connectivity index (χ1) is 5.38. The van der Waals surface area contributed by atoms with E-state index in [-0.39, 0.29) is 0 Å². The Bertz CT molecular complexity index is 249. The fourth-order valence-electron chi connectivity index (χ4n) is 0.898. The Morgan fingerprint density at radius 3 is 1.64 bits per heavy atom. The molecule has 56 valence electrons. The molecule has 1 aliphatic carbocycles. The van der Waals surface area contributed by atoms with Crippen molar-refractivity contribution >= 4 is 22.4 Å². The number of rotatable bonds is 0. The maximum Gasteiger partial charge on any atom is 0.0283 e. The maximum absolute atomic E-state index is 3.42. The second-order valence-electron chi connectivity index (χ2n) is 2.37. The molecule has 1 aromatic rings. The number of hydrogen-bond donors (Lipinski definition) is 0. The molecule has 1 aromatic carbocycles. The highest BCUT2D eigenvalue weighted by Gasteiger charge is 1.99. The van der Waals surface area contributed by atoms with Gasteiger partial charge < -0.3 is 0 Å². The summed E-state index contributed by atoms with van der Waals surface area (Å²) in [5, 5.41) is 0. The van der Waals surface area contributed by atoms with Crippen molar-refractivity contribution in [3.8, 4) is 0 Å². The lowest BCUT2D eigenvalue weighted by atomic mass is 9.99. The molecule has 0 bridgehead atoms. The fourth-order valence-corrected chi connectivity index (χ4v) is 0.898. The molecule has 0 radical (unpaired) electrons. The molecule has 1 aliphatic rings. The topological polar surface area (TPSA) is 0 Å². The van der Waals surface area contributed by atoms with Gasteiger partial charge in [-0.25, -0.2) is 0 Å². The van der Waals surface area contributed by atoms with Crippen LogP contribution in [0.5, 0.6) is 0 Å². The normalized spacial score (nSPS) is 10.5. The van der Waals surface area contributed by atoms with Gasteiger partial charge >= 0.3 is 0 Å². The lowest BCUT2D eigenvalue weighted by Crippen LogP contribution is -1.85. The van der Waals surface area contributed by atoms with E-state index in [0.717, 1.165) is 10.2 Å². The first kappa shape index (κ1) is 8.02. The number of fused-ring (bicyclic) bond motifs is 1. The van der Waals surface area contributed by atoms with Gasteiger partial charge in [0.1, 0.15) is 0 Å². The Hall–Kier alpha value is -1.08. The van der Waals surface area contributed by atoms with Gasteiger partial charge in [-0.15, -0.1) is 12.3 Å². The Balaban J connectivity index is 0.000000179. The molecule has 0 nitrogen and oxygen atoms in total. The van der Waals surface area contributed by atoms with E-state index in [0.29, 0.717) is 0 Å². The molecule has 0 saturated carbocycles. The molecule has 1 heteroatoms. The van der Waals surface area contributed by atoms with Crippen LogP contribution in [0.25, 0.3) is 12.2 Å². The van der Waals surface area contributed by atoms with Crippen molar-refractivity contribution in [2.24, 2.45) is 0 Å². The Morgan fingerprint density at radius 2 is 1.45 bits per heavy atom. The van der Waals surface area contributed by atoms with E-state index in [1.54, 1.807) is 0 Å². The fraction of sp³-hybridized carbons (Fsp3) is 0. The average molecular weight is 160 g/mol. The van der Waals surface area contributed by atoms with Crippen LogP contribution in [0.2, 0.25) is 0 Å². The van der Waals surface area contributed by atoms with Gasteiger partial charge in [-0.1, -0.05) is 36.4 Å². The summed E-state index contributed by atoms with van der Waals surface area (Å²) in [5.41, 5.74) is 4.62. The van der Waals surface area contributed by atoms with E-state index in [2.05, 4.69) is 43.0 Å².